The van der Waals surface area contributed by atoms with Crippen molar-refractivity contribution in [3.8, 4) is 11.5 Å². The van der Waals surface area contributed by atoms with Gasteiger partial charge in [-0.15, -0.1) is 0 Å². The molecular weight excluding hydrogens is 226 g/mol. The lowest BCUT2D eigenvalue weighted by molar-refractivity contribution is 0.388. The van der Waals surface area contributed by atoms with Crippen molar-refractivity contribution in [2.24, 2.45) is 5.73 Å². The summed E-state index contributed by atoms with van der Waals surface area (Å²) in [6.45, 7) is 0.567. The summed E-state index contributed by atoms with van der Waals surface area (Å²) in [5.41, 5.74) is 6.76. The molecule has 1 aromatic carbocycles. The van der Waals surface area contributed by atoms with Gasteiger partial charge in [0, 0.05) is 12.0 Å². The van der Waals surface area contributed by atoms with Crippen LogP contribution in [0.2, 0.25) is 0 Å². The fraction of sp³-hybridized carbons (Fsp3) is 0.200. The van der Waals surface area contributed by atoms with Crippen LogP contribution in [0, 0.1) is 0 Å². The third kappa shape index (κ3) is 1.93. The Morgan fingerprint density at radius 1 is 1.11 bits per heavy atom. The number of rotatable bonds is 2. The Morgan fingerprint density at radius 3 is 2.67 bits per heavy atom. The highest BCUT2D eigenvalue weighted by Crippen LogP contribution is 2.38. The topological polar surface area (TPSA) is 44.5 Å². The molecule has 2 N–H and O–H groups in total. The molecule has 0 spiro atoms. The second-order valence-electron chi connectivity index (χ2n) is 4.25. The van der Waals surface area contributed by atoms with Crippen molar-refractivity contribution >= 4 is 0 Å². The van der Waals surface area contributed by atoms with E-state index in [0.717, 1.165) is 41.4 Å². The lowest BCUT2D eigenvalue weighted by atomic mass is 10.0. The summed E-state index contributed by atoms with van der Waals surface area (Å²) in [5, 5.41) is 0. The second kappa shape index (κ2) is 4.70. The number of hydrogen-bond acceptors (Lipinski definition) is 3. The van der Waals surface area contributed by atoms with Crippen LogP contribution in [-0.2, 0) is 0 Å². The number of benzene rings is 1. The van der Waals surface area contributed by atoms with E-state index in [-0.39, 0.29) is 0 Å². The first-order valence-corrected chi connectivity index (χ1v) is 6.12. The van der Waals surface area contributed by atoms with Gasteiger partial charge in [0.05, 0.1) is 0 Å². The largest absolute Gasteiger partial charge is 0.457 e. The van der Waals surface area contributed by atoms with Crippen LogP contribution >= 0.6 is 0 Å². The average molecular weight is 241 g/mol. The van der Waals surface area contributed by atoms with Gasteiger partial charge in [0.2, 0.25) is 0 Å². The Bertz CT molecular complexity index is 555. The van der Waals surface area contributed by atoms with Crippen LogP contribution in [0.5, 0.6) is 11.5 Å². The SMILES string of the molecule is NCCC1=C2CC=CC=C2Oc2ccccc2O1. The zero-order valence-corrected chi connectivity index (χ0v) is 10.1. The summed E-state index contributed by atoms with van der Waals surface area (Å²) >= 11 is 0. The molecule has 1 aliphatic heterocycles. The number of para-hydroxylation sites is 2. The Kier molecular flexibility index (Phi) is 2.90. The van der Waals surface area contributed by atoms with E-state index in [1.54, 1.807) is 0 Å². The van der Waals surface area contributed by atoms with Crippen molar-refractivity contribution in [2.75, 3.05) is 6.54 Å². The molecule has 0 fully saturated rings. The molecule has 1 aliphatic carbocycles. The fourth-order valence-corrected chi connectivity index (χ4v) is 2.15. The van der Waals surface area contributed by atoms with Crippen molar-refractivity contribution in [3.05, 3.63) is 59.6 Å². The van der Waals surface area contributed by atoms with Gasteiger partial charge < -0.3 is 15.2 Å². The second-order valence-corrected chi connectivity index (χ2v) is 4.25. The highest BCUT2D eigenvalue weighted by molar-refractivity contribution is 5.49. The minimum Gasteiger partial charge on any atom is -0.457 e. The molecule has 0 radical (unpaired) electrons. The molecule has 0 aromatic heterocycles. The van der Waals surface area contributed by atoms with Crippen LogP contribution < -0.4 is 15.2 Å². The van der Waals surface area contributed by atoms with Gasteiger partial charge in [-0.3, -0.25) is 0 Å². The Labute approximate surface area is 106 Å². The summed E-state index contributed by atoms with van der Waals surface area (Å²) in [7, 11) is 0. The van der Waals surface area contributed by atoms with Gasteiger partial charge in [0.15, 0.2) is 11.5 Å². The fourth-order valence-electron chi connectivity index (χ4n) is 2.15. The first-order chi connectivity index (χ1) is 8.88. The van der Waals surface area contributed by atoms with Gasteiger partial charge in [-0.2, -0.15) is 0 Å². The number of hydrogen-bond donors (Lipinski definition) is 1. The molecule has 1 aromatic rings. The van der Waals surface area contributed by atoms with Gasteiger partial charge in [0.25, 0.3) is 0 Å². The third-order valence-corrected chi connectivity index (χ3v) is 3.01. The molecular formula is C15H15NO2. The van der Waals surface area contributed by atoms with E-state index in [4.69, 9.17) is 15.2 Å². The lowest BCUT2D eigenvalue weighted by Crippen LogP contribution is -2.09. The first kappa shape index (κ1) is 11.1. The number of allylic oxidation sites excluding steroid dienone is 4. The van der Waals surface area contributed by atoms with Crippen molar-refractivity contribution in [2.45, 2.75) is 12.8 Å². The average Bonchev–Trinajstić information content (AvgIpc) is 2.56. The summed E-state index contributed by atoms with van der Waals surface area (Å²) in [6, 6.07) is 7.71. The van der Waals surface area contributed by atoms with Crippen LogP contribution in [0.4, 0.5) is 0 Å². The number of nitrogens with two attached hydrogens (primary N) is 1. The predicted octanol–water partition coefficient (Wildman–Crippen LogP) is 2.90. The maximum Gasteiger partial charge on any atom is 0.169 e. The zero-order chi connectivity index (χ0) is 12.4. The molecule has 2 aliphatic rings. The number of ether oxygens (including phenoxy) is 2. The standard InChI is InChI=1S/C15H15NO2/c16-10-9-13-11-5-1-2-6-12(11)17-14-7-3-4-8-15(14)18-13/h1-4,6-8H,5,9-10,16H2. The molecule has 0 amide bonds. The van der Waals surface area contributed by atoms with E-state index in [9.17, 15) is 0 Å². The minimum atomic E-state index is 0.567. The smallest absolute Gasteiger partial charge is 0.169 e. The Balaban J connectivity index is 2.08. The van der Waals surface area contributed by atoms with E-state index < -0.39 is 0 Å². The summed E-state index contributed by atoms with van der Waals surface area (Å²) < 4.78 is 11.9. The van der Waals surface area contributed by atoms with Crippen LogP contribution in [0.25, 0.3) is 0 Å². The normalized spacial score (nSPS) is 17.1. The quantitative estimate of drug-likeness (QED) is 0.865. The number of fused-ring (bicyclic) bond motifs is 2. The van der Waals surface area contributed by atoms with Crippen molar-refractivity contribution < 1.29 is 9.47 Å². The Hall–Kier alpha value is -2.00. The zero-order valence-electron chi connectivity index (χ0n) is 10.1. The van der Waals surface area contributed by atoms with E-state index in [1.165, 1.54) is 0 Å². The third-order valence-electron chi connectivity index (χ3n) is 3.01. The summed E-state index contributed by atoms with van der Waals surface area (Å²) in [4.78, 5) is 0. The van der Waals surface area contributed by atoms with Crippen molar-refractivity contribution in [1.29, 1.82) is 0 Å². The molecule has 3 rings (SSSR count). The van der Waals surface area contributed by atoms with Crippen LogP contribution in [0.15, 0.2) is 59.6 Å². The molecule has 3 nitrogen and oxygen atoms in total. The van der Waals surface area contributed by atoms with E-state index in [2.05, 4.69) is 6.08 Å². The van der Waals surface area contributed by atoms with Crippen LogP contribution in [0.3, 0.4) is 0 Å². The molecule has 0 unspecified atom stereocenters. The molecule has 0 saturated carbocycles. The molecule has 0 saturated heterocycles. The van der Waals surface area contributed by atoms with Gasteiger partial charge >= 0.3 is 0 Å². The molecule has 92 valence electrons. The maximum atomic E-state index is 5.97. The van der Waals surface area contributed by atoms with Gasteiger partial charge in [-0.25, -0.2) is 0 Å². The molecule has 1 heterocycles. The summed E-state index contributed by atoms with van der Waals surface area (Å²) in [6.07, 6.45) is 7.62. The monoisotopic (exact) mass is 241 g/mol. The van der Waals surface area contributed by atoms with Crippen molar-refractivity contribution in [1.82, 2.24) is 0 Å². The predicted molar refractivity (Wildman–Crippen MR) is 70.2 cm³/mol. The van der Waals surface area contributed by atoms with E-state index in [1.807, 2.05) is 36.4 Å². The first-order valence-electron chi connectivity index (χ1n) is 6.12. The van der Waals surface area contributed by atoms with Crippen LogP contribution in [-0.4, -0.2) is 6.54 Å². The Morgan fingerprint density at radius 2 is 1.89 bits per heavy atom. The maximum absolute atomic E-state index is 5.97. The highest BCUT2D eigenvalue weighted by Gasteiger charge is 2.22. The molecule has 0 bridgehead atoms. The summed E-state index contributed by atoms with van der Waals surface area (Å²) in [5.74, 6) is 3.29. The lowest BCUT2D eigenvalue weighted by Gasteiger charge is -2.14. The van der Waals surface area contributed by atoms with E-state index in [0.29, 0.717) is 6.54 Å². The van der Waals surface area contributed by atoms with Gasteiger partial charge in [-0.1, -0.05) is 24.3 Å². The molecule has 18 heavy (non-hydrogen) atoms. The molecule has 0 atom stereocenters. The van der Waals surface area contributed by atoms with Gasteiger partial charge in [-0.05, 0) is 31.2 Å². The minimum absolute atomic E-state index is 0.567. The van der Waals surface area contributed by atoms with Crippen molar-refractivity contribution in [3.63, 3.8) is 0 Å². The van der Waals surface area contributed by atoms with E-state index >= 15 is 0 Å². The molecule has 3 heteroatoms. The van der Waals surface area contributed by atoms with Gasteiger partial charge in [0.1, 0.15) is 11.5 Å². The highest BCUT2D eigenvalue weighted by atomic mass is 16.5. The van der Waals surface area contributed by atoms with Crippen LogP contribution in [0.1, 0.15) is 12.8 Å².